The van der Waals surface area contributed by atoms with Crippen LogP contribution in [0.15, 0.2) is 59.5 Å². The number of thiophene rings is 1. The van der Waals surface area contributed by atoms with Gasteiger partial charge in [0.2, 0.25) is 10.0 Å². The van der Waals surface area contributed by atoms with Crippen LogP contribution in [0.5, 0.6) is 0 Å². The highest BCUT2D eigenvalue weighted by Gasteiger charge is 2.33. The van der Waals surface area contributed by atoms with Crippen molar-refractivity contribution in [2.24, 2.45) is 5.92 Å². The summed E-state index contributed by atoms with van der Waals surface area (Å²) in [7, 11) is -2.45. The zero-order valence-electron chi connectivity index (χ0n) is 26.0. The third-order valence-electron chi connectivity index (χ3n) is 8.62. The zero-order valence-corrected chi connectivity index (χ0v) is 27.6. The van der Waals surface area contributed by atoms with Crippen LogP contribution in [-0.2, 0) is 39.1 Å². The number of carbonyl (C=O) groups is 3. The van der Waals surface area contributed by atoms with Gasteiger partial charge in [0.25, 0.3) is 11.8 Å². The number of ether oxygens (including phenoxy) is 1. The Hall–Kier alpha value is -3.58. The Kier molecular flexibility index (Phi) is 10.4. The first-order chi connectivity index (χ1) is 21.7. The number of esters is 1. The highest BCUT2D eigenvalue weighted by atomic mass is 32.2. The molecular formula is C33H40N4O6S2. The first kappa shape index (κ1) is 32.8. The molecule has 0 radical (unpaired) electrons. The van der Waals surface area contributed by atoms with Crippen LogP contribution in [0.3, 0.4) is 0 Å². The van der Waals surface area contributed by atoms with E-state index in [4.69, 9.17) is 4.74 Å². The molecule has 2 aliphatic heterocycles. The van der Waals surface area contributed by atoms with Gasteiger partial charge in [-0.3, -0.25) is 19.3 Å². The molecule has 1 fully saturated rings. The third-order valence-corrected chi connectivity index (χ3v) is 11.7. The average Bonchev–Trinajstić information content (AvgIpc) is 3.42. The number of hydrogen-bond donors (Lipinski definition) is 1. The van der Waals surface area contributed by atoms with Gasteiger partial charge in [0, 0.05) is 56.3 Å². The summed E-state index contributed by atoms with van der Waals surface area (Å²) >= 11 is 1.44. The number of carbonyl (C=O) groups excluding carboxylic acids is 3. The van der Waals surface area contributed by atoms with E-state index in [1.54, 1.807) is 4.90 Å². The predicted octanol–water partition coefficient (Wildman–Crippen LogP) is 4.61. The van der Waals surface area contributed by atoms with Gasteiger partial charge in [0.1, 0.15) is 5.00 Å². The molecule has 0 aliphatic carbocycles. The van der Waals surface area contributed by atoms with Crippen LogP contribution in [0, 0.1) is 5.92 Å². The first-order valence-corrected chi connectivity index (χ1v) is 17.6. The Bertz CT molecular complexity index is 1630. The van der Waals surface area contributed by atoms with Gasteiger partial charge in [-0.1, -0.05) is 30.3 Å². The van der Waals surface area contributed by atoms with Crippen molar-refractivity contribution < 1.29 is 27.5 Å². The minimum atomic E-state index is -3.79. The summed E-state index contributed by atoms with van der Waals surface area (Å²) in [6.07, 6.45) is 1.51. The monoisotopic (exact) mass is 652 g/mol. The molecule has 5 rings (SSSR count). The van der Waals surface area contributed by atoms with Gasteiger partial charge >= 0.3 is 5.97 Å². The number of nitrogens with one attached hydrogen (secondary N) is 1. The fraction of sp³-hybridized carbons (Fsp3) is 0.424. The quantitative estimate of drug-likeness (QED) is 0.318. The first-order valence-electron chi connectivity index (χ1n) is 15.4. The third kappa shape index (κ3) is 7.14. The van der Waals surface area contributed by atoms with Crippen molar-refractivity contribution in [3.63, 3.8) is 0 Å². The summed E-state index contributed by atoms with van der Waals surface area (Å²) in [5.74, 6) is -1.13. The standard InChI is InChI=1S/C33H40N4O6S2/c1-4-36(5-2)32(39)29-27-17-18-35(21-23-9-7-6-8-10-23)22-28(27)44-31(29)34-30(38)24-11-13-26(14-12-24)45(41,42)37-19-15-25(16-20-37)33(40)43-3/h6-14,25H,4-5,15-22H2,1-3H3,(H,34,38). The van der Waals surface area contributed by atoms with Crippen molar-refractivity contribution in [1.29, 1.82) is 0 Å². The van der Waals surface area contributed by atoms with Crippen molar-refractivity contribution in [3.05, 3.63) is 81.7 Å². The number of methoxy groups -OCH3 is 1. The maximum Gasteiger partial charge on any atom is 0.308 e. The lowest BCUT2D eigenvalue weighted by Crippen LogP contribution is -2.40. The summed E-state index contributed by atoms with van der Waals surface area (Å²) in [5.41, 5.74) is 3.06. The topological polar surface area (TPSA) is 116 Å². The van der Waals surface area contributed by atoms with Gasteiger partial charge in [-0.2, -0.15) is 4.31 Å². The minimum absolute atomic E-state index is 0.0815. The predicted molar refractivity (Wildman–Crippen MR) is 174 cm³/mol. The second-order valence-electron chi connectivity index (χ2n) is 11.3. The Morgan fingerprint density at radius 1 is 0.978 bits per heavy atom. The summed E-state index contributed by atoms with van der Waals surface area (Å²) < 4.78 is 32.7. The molecule has 2 aliphatic rings. The number of rotatable bonds is 10. The lowest BCUT2D eigenvalue weighted by molar-refractivity contribution is -0.146. The van der Waals surface area contributed by atoms with Crippen LogP contribution >= 0.6 is 11.3 Å². The maximum absolute atomic E-state index is 13.7. The molecular weight excluding hydrogens is 613 g/mol. The number of nitrogens with zero attached hydrogens (tertiary/aromatic N) is 3. The number of benzene rings is 2. The number of fused-ring (bicyclic) bond motifs is 1. The van der Waals surface area contributed by atoms with Crippen LogP contribution in [0.25, 0.3) is 0 Å². The van der Waals surface area contributed by atoms with Crippen LogP contribution in [0.2, 0.25) is 0 Å². The maximum atomic E-state index is 13.7. The van der Waals surface area contributed by atoms with E-state index in [1.807, 2.05) is 32.0 Å². The molecule has 2 amide bonds. The van der Waals surface area contributed by atoms with E-state index in [9.17, 15) is 22.8 Å². The van der Waals surface area contributed by atoms with Gasteiger partial charge in [-0.05, 0) is 68.5 Å². The summed E-state index contributed by atoms with van der Waals surface area (Å²) in [5, 5.41) is 3.51. The summed E-state index contributed by atoms with van der Waals surface area (Å²) in [6.45, 7) is 7.74. The molecule has 1 aromatic heterocycles. The molecule has 0 bridgehead atoms. The van der Waals surface area contributed by atoms with Crippen LogP contribution < -0.4 is 5.32 Å². The summed E-state index contributed by atoms with van der Waals surface area (Å²) in [4.78, 5) is 44.3. The van der Waals surface area contributed by atoms with Crippen LogP contribution in [0.4, 0.5) is 5.00 Å². The van der Waals surface area contributed by atoms with Gasteiger partial charge in [-0.25, -0.2) is 8.42 Å². The fourth-order valence-corrected chi connectivity index (χ4v) is 8.76. The molecule has 1 saturated heterocycles. The molecule has 0 saturated carbocycles. The number of hydrogen-bond acceptors (Lipinski definition) is 8. The van der Waals surface area contributed by atoms with E-state index in [1.165, 1.54) is 52.6 Å². The molecule has 12 heteroatoms. The largest absolute Gasteiger partial charge is 0.469 e. The average molecular weight is 653 g/mol. The molecule has 45 heavy (non-hydrogen) atoms. The number of amides is 2. The smallest absolute Gasteiger partial charge is 0.308 e. The van der Waals surface area contributed by atoms with Gasteiger partial charge in [0.15, 0.2) is 0 Å². The molecule has 10 nitrogen and oxygen atoms in total. The van der Waals surface area contributed by atoms with E-state index >= 15 is 0 Å². The molecule has 0 spiro atoms. The van der Waals surface area contributed by atoms with E-state index in [0.29, 0.717) is 49.5 Å². The van der Waals surface area contributed by atoms with Gasteiger partial charge in [0.05, 0.1) is 23.5 Å². The molecule has 0 unspecified atom stereocenters. The number of sulfonamides is 1. The Balaban J connectivity index is 1.33. The minimum Gasteiger partial charge on any atom is -0.469 e. The molecule has 3 heterocycles. The SMILES string of the molecule is CCN(CC)C(=O)c1c(NC(=O)c2ccc(S(=O)(=O)N3CCC(C(=O)OC)CC3)cc2)sc2c1CCN(Cc1ccccc1)C2. The molecule has 240 valence electrons. The highest BCUT2D eigenvalue weighted by Crippen LogP contribution is 2.38. The second kappa shape index (κ2) is 14.2. The lowest BCUT2D eigenvalue weighted by atomic mass is 9.99. The lowest BCUT2D eigenvalue weighted by Gasteiger charge is -2.29. The fourth-order valence-electron chi connectivity index (χ4n) is 6.02. The molecule has 3 aromatic rings. The molecule has 0 atom stereocenters. The number of anilines is 1. The van der Waals surface area contributed by atoms with Crippen molar-refractivity contribution >= 4 is 44.1 Å². The zero-order chi connectivity index (χ0) is 32.1. The molecule has 1 N–H and O–H groups in total. The van der Waals surface area contributed by atoms with Gasteiger partial charge < -0.3 is 15.0 Å². The van der Waals surface area contributed by atoms with Crippen LogP contribution in [0.1, 0.15) is 63.4 Å². The van der Waals surface area contributed by atoms with E-state index in [-0.39, 0.29) is 41.3 Å². The number of piperidine rings is 1. The Labute approximate surface area is 269 Å². The van der Waals surface area contributed by atoms with E-state index < -0.39 is 15.9 Å². The van der Waals surface area contributed by atoms with E-state index in [2.05, 4.69) is 22.3 Å². The second-order valence-corrected chi connectivity index (χ2v) is 14.4. The molecule has 2 aromatic carbocycles. The van der Waals surface area contributed by atoms with Crippen molar-refractivity contribution in [3.8, 4) is 0 Å². The van der Waals surface area contributed by atoms with Crippen molar-refractivity contribution in [1.82, 2.24) is 14.1 Å². The van der Waals surface area contributed by atoms with E-state index in [0.717, 1.165) is 23.5 Å². The Morgan fingerprint density at radius 3 is 2.27 bits per heavy atom. The normalized spacial score (nSPS) is 16.2. The highest BCUT2D eigenvalue weighted by molar-refractivity contribution is 7.89. The summed E-state index contributed by atoms with van der Waals surface area (Å²) in [6, 6.07) is 16.1. The Morgan fingerprint density at radius 2 is 1.64 bits per heavy atom. The van der Waals surface area contributed by atoms with Crippen molar-refractivity contribution in [2.45, 2.75) is 51.1 Å². The van der Waals surface area contributed by atoms with Crippen molar-refractivity contribution in [2.75, 3.05) is 45.2 Å². The van der Waals surface area contributed by atoms with Gasteiger partial charge in [-0.15, -0.1) is 11.3 Å². The van der Waals surface area contributed by atoms with Crippen LogP contribution in [-0.4, -0.2) is 80.1 Å².